The van der Waals surface area contributed by atoms with Crippen LogP contribution in [0.15, 0.2) is 41.6 Å². The number of rotatable bonds is 4. The lowest BCUT2D eigenvalue weighted by atomic mass is 10.2. The number of pyridine rings is 1. The highest BCUT2D eigenvalue weighted by Crippen LogP contribution is 2.21. The molecule has 0 amide bonds. The fourth-order valence-electron chi connectivity index (χ4n) is 3.76. The molecule has 0 N–H and O–H groups in total. The maximum Gasteiger partial charge on any atom is 0.244 e. The van der Waals surface area contributed by atoms with Crippen molar-refractivity contribution in [2.75, 3.05) is 49.1 Å². The van der Waals surface area contributed by atoms with E-state index in [2.05, 4.69) is 25.0 Å². The predicted molar refractivity (Wildman–Crippen MR) is 108 cm³/mol. The molecule has 0 radical (unpaired) electrons. The van der Waals surface area contributed by atoms with Gasteiger partial charge in [0.15, 0.2) is 11.6 Å². The van der Waals surface area contributed by atoms with Crippen LogP contribution in [0.3, 0.4) is 0 Å². The van der Waals surface area contributed by atoms with Crippen molar-refractivity contribution in [3.05, 3.63) is 36.7 Å². The average molecular weight is 403 g/mol. The summed E-state index contributed by atoms with van der Waals surface area (Å²) in [5.41, 5.74) is 0. The highest BCUT2D eigenvalue weighted by Gasteiger charge is 2.29. The number of aromatic nitrogens is 3. The van der Waals surface area contributed by atoms with E-state index in [4.69, 9.17) is 0 Å². The van der Waals surface area contributed by atoms with E-state index < -0.39 is 10.0 Å². The van der Waals surface area contributed by atoms with Crippen molar-refractivity contribution >= 4 is 21.7 Å². The third-order valence-corrected chi connectivity index (χ3v) is 7.28. The van der Waals surface area contributed by atoms with Gasteiger partial charge in [0.25, 0.3) is 0 Å². The Morgan fingerprint density at radius 3 is 1.89 bits per heavy atom. The molecule has 0 saturated carbocycles. The van der Waals surface area contributed by atoms with E-state index in [1.54, 1.807) is 18.3 Å². The Morgan fingerprint density at radius 2 is 1.36 bits per heavy atom. The van der Waals surface area contributed by atoms with Crippen LogP contribution in [-0.2, 0) is 10.0 Å². The van der Waals surface area contributed by atoms with Crippen LogP contribution in [0.25, 0.3) is 0 Å². The molecular formula is C19H26N6O2S. The van der Waals surface area contributed by atoms with Crippen LogP contribution in [0.2, 0.25) is 0 Å². The summed E-state index contributed by atoms with van der Waals surface area (Å²) in [4.78, 5) is 8.56. The smallest absolute Gasteiger partial charge is 0.244 e. The standard InChI is InChI=1S/C19H26N6O2S/c26-28(27,17-6-5-9-20-16-17)25-14-12-24(13-15-25)19-8-7-18(21-22-19)23-10-3-1-2-4-11-23/h5-9,16H,1-4,10-15H2. The molecule has 2 aliphatic rings. The zero-order valence-corrected chi connectivity index (χ0v) is 16.8. The minimum absolute atomic E-state index is 0.241. The number of hydrogen-bond donors (Lipinski definition) is 0. The van der Waals surface area contributed by atoms with Crippen molar-refractivity contribution in [2.45, 2.75) is 30.6 Å². The van der Waals surface area contributed by atoms with Crippen LogP contribution >= 0.6 is 0 Å². The monoisotopic (exact) mass is 402 g/mol. The first-order valence-electron chi connectivity index (χ1n) is 9.88. The van der Waals surface area contributed by atoms with Crippen LogP contribution in [0.1, 0.15) is 25.7 Å². The van der Waals surface area contributed by atoms with Crippen molar-refractivity contribution < 1.29 is 8.42 Å². The molecule has 4 rings (SSSR count). The van der Waals surface area contributed by atoms with Crippen molar-refractivity contribution in [3.8, 4) is 0 Å². The maximum absolute atomic E-state index is 12.7. The number of hydrogen-bond acceptors (Lipinski definition) is 7. The Kier molecular flexibility index (Phi) is 5.72. The lowest BCUT2D eigenvalue weighted by Crippen LogP contribution is -2.49. The van der Waals surface area contributed by atoms with Gasteiger partial charge < -0.3 is 9.80 Å². The third-order valence-electron chi connectivity index (χ3n) is 5.40. The lowest BCUT2D eigenvalue weighted by Gasteiger charge is -2.34. The first-order chi connectivity index (χ1) is 13.6. The molecule has 0 bridgehead atoms. The molecule has 150 valence electrons. The molecule has 2 aromatic heterocycles. The van der Waals surface area contributed by atoms with E-state index in [-0.39, 0.29) is 4.90 Å². The van der Waals surface area contributed by atoms with Gasteiger partial charge in [0.1, 0.15) is 4.90 Å². The molecule has 0 spiro atoms. The summed E-state index contributed by atoms with van der Waals surface area (Å²) in [6, 6.07) is 7.26. The molecule has 28 heavy (non-hydrogen) atoms. The van der Waals surface area contributed by atoms with Gasteiger partial charge in [-0.25, -0.2) is 8.42 Å². The fourth-order valence-corrected chi connectivity index (χ4v) is 5.15. The molecule has 2 aromatic rings. The lowest BCUT2D eigenvalue weighted by molar-refractivity contribution is 0.383. The molecule has 8 nitrogen and oxygen atoms in total. The van der Waals surface area contributed by atoms with Crippen molar-refractivity contribution in [1.29, 1.82) is 0 Å². The minimum Gasteiger partial charge on any atom is -0.355 e. The van der Waals surface area contributed by atoms with Gasteiger partial charge in [-0.3, -0.25) is 4.98 Å². The number of sulfonamides is 1. The van der Waals surface area contributed by atoms with Gasteiger partial charge in [-0.1, -0.05) is 12.8 Å². The highest BCUT2D eigenvalue weighted by molar-refractivity contribution is 7.89. The number of piperazine rings is 1. The molecule has 9 heteroatoms. The first kappa shape index (κ1) is 19.1. The van der Waals surface area contributed by atoms with E-state index in [1.165, 1.54) is 36.2 Å². The molecule has 2 aliphatic heterocycles. The molecule has 0 unspecified atom stereocenters. The van der Waals surface area contributed by atoms with Crippen LogP contribution in [0.4, 0.5) is 11.6 Å². The Labute approximate surface area is 166 Å². The quantitative estimate of drug-likeness (QED) is 0.771. The SMILES string of the molecule is O=S(=O)(c1cccnc1)N1CCN(c2ccc(N3CCCCCC3)nn2)CC1. The van der Waals surface area contributed by atoms with Crippen LogP contribution < -0.4 is 9.80 Å². The van der Waals surface area contributed by atoms with Gasteiger partial charge in [0, 0.05) is 51.7 Å². The van der Waals surface area contributed by atoms with E-state index in [1.807, 2.05) is 12.1 Å². The number of anilines is 2. The molecule has 0 atom stereocenters. The Bertz CT molecular complexity index is 859. The number of nitrogens with zero attached hydrogens (tertiary/aromatic N) is 6. The minimum atomic E-state index is -3.49. The largest absolute Gasteiger partial charge is 0.355 e. The molecular weight excluding hydrogens is 376 g/mol. The molecule has 2 saturated heterocycles. The van der Waals surface area contributed by atoms with Gasteiger partial charge in [0.05, 0.1) is 0 Å². The van der Waals surface area contributed by atoms with Crippen molar-refractivity contribution in [1.82, 2.24) is 19.5 Å². The van der Waals surface area contributed by atoms with E-state index >= 15 is 0 Å². The molecule has 0 aromatic carbocycles. The summed E-state index contributed by atoms with van der Waals surface area (Å²) in [6.07, 6.45) is 7.95. The van der Waals surface area contributed by atoms with Crippen LogP contribution in [0.5, 0.6) is 0 Å². The van der Waals surface area contributed by atoms with E-state index in [0.717, 1.165) is 24.7 Å². The van der Waals surface area contributed by atoms with Gasteiger partial charge in [-0.2, -0.15) is 4.31 Å². The van der Waals surface area contributed by atoms with Gasteiger partial charge in [0.2, 0.25) is 10.0 Å². The summed E-state index contributed by atoms with van der Waals surface area (Å²) in [6.45, 7) is 4.12. The van der Waals surface area contributed by atoms with Crippen LogP contribution in [-0.4, -0.2) is 67.2 Å². The zero-order chi connectivity index (χ0) is 19.4. The van der Waals surface area contributed by atoms with Crippen molar-refractivity contribution in [3.63, 3.8) is 0 Å². The third kappa shape index (κ3) is 4.10. The Balaban J connectivity index is 1.38. The summed E-state index contributed by atoms with van der Waals surface area (Å²) in [5.74, 6) is 1.74. The highest BCUT2D eigenvalue weighted by atomic mass is 32.2. The zero-order valence-electron chi connectivity index (χ0n) is 15.9. The second kappa shape index (κ2) is 8.40. The van der Waals surface area contributed by atoms with E-state index in [9.17, 15) is 8.42 Å². The average Bonchev–Trinajstić information content (AvgIpc) is 3.04. The summed E-state index contributed by atoms with van der Waals surface area (Å²) in [7, 11) is -3.49. The van der Waals surface area contributed by atoms with E-state index in [0.29, 0.717) is 26.2 Å². The van der Waals surface area contributed by atoms with Crippen molar-refractivity contribution in [2.24, 2.45) is 0 Å². The predicted octanol–water partition coefficient (Wildman–Crippen LogP) is 1.76. The second-order valence-corrected chi connectivity index (χ2v) is 9.17. The molecule has 4 heterocycles. The fraction of sp³-hybridized carbons (Fsp3) is 0.526. The van der Waals surface area contributed by atoms with Gasteiger partial charge in [-0.05, 0) is 37.1 Å². The normalized spacial score (nSPS) is 19.4. The molecule has 0 aliphatic carbocycles. The summed E-state index contributed by atoms with van der Waals surface area (Å²) >= 11 is 0. The van der Waals surface area contributed by atoms with Gasteiger partial charge in [-0.15, -0.1) is 10.2 Å². The van der Waals surface area contributed by atoms with Gasteiger partial charge >= 0.3 is 0 Å². The summed E-state index contributed by atoms with van der Waals surface area (Å²) < 4.78 is 26.9. The maximum atomic E-state index is 12.7. The topological polar surface area (TPSA) is 82.5 Å². The van der Waals surface area contributed by atoms with Crippen LogP contribution in [0, 0.1) is 0 Å². The Morgan fingerprint density at radius 1 is 0.750 bits per heavy atom. The first-order valence-corrected chi connectivity index (χ1v) is 11.3. The summed E-state index contributed by atoms with van der Waals surface area (Å²) in [5, 5.41) is 8.84. The molecule has 2 fully saturated rings. The second-order valence-electron chi connectivity index (χ2n) is 7.23. The Hall–Kier alpha value is -2.26.